The van der Waals surface area contributed by atoms with Crippen molar-refractivity contribution >= 4 is 11.8 Å². The second kappa shape index (κ2) is 8.95. The summed E-state index contributed by atoms with van der Waals surface area (Å²) in [5.74, 6) is 1.06. The lowest BCUT2D eigenvalue weighted by atomic mass is 9.95. The summed E-state index contributed by atoms with van der Waals surface area (Å²) >= 11 is 0. The first kappa shape index (κ1) is 19.2. The topological polar surface area (TPSA) is 61.9 Å². The van der Waals surface area contributed by atoms with Crippen molar-refractivity contribution in [2.24, 2.45) is 5.92 Å². The maximum atomic E-state index is 13.1. The van der Waals surface area contributed by atoms with Crippen molar-refractivity contribution in [3.05, 3.63) is 30.3 Å². The molecule has 3 atom stereocenters. The van der Waals surface area contributed by atoms with Gasteiger partial charge in [0.15, 0.2) is 0 Å². The van der Waals surface area contributed by atoms with E-state index in [0.717, 1.165) is 44.6 Å². The SMILES string of the molecule is O=C(CCOc1ccccc1)N1CCCC(C(=O)N2CCC3CCC(C2)N3)C1. The van der Waals surface area contributed by atoms with Crippen molar-refractivity contribution in [2.45, 2.75) is 50.6 Å². The average molecular weight is 386 g/mol. The van der Waals surface area contributed by atoms with Crippen molar-refractivity contribution in [3.8, 4) is 5.75 Å². The van der Waals surface area contributed by atoms with Crippen molar-refractivity contribution in [3.63, 3.8) is 0 Å². The molecule has 3 heterocycles. The van der Waals surface area contributed by atoms with Crippen LogP contribution in [0.5, 0.6) is 5.75 Å². The largest absolute Gasteiger partial charge is 0.493 e. The van der Waals surface area contributed by atoms with Crippen molar-refractivity contribution in [1.82, 2.24) is 15.1 Å². The lowest BCUT2D eigenvalue weighted by Gasteiger charge is -2.35. The fourth-order valence-corrected chi connectivity index (χ4v) is 4.74. The number of carbonyl (C=O) groups is 2. The molecule has 0 aliphatic carbocycles. The molecule has 3 saturated heterocycles. The van der Waals surface area contributed by atoms with Crippen LogP contribution in [-0.4, -0.2) is 66.5 Å². The molecule has 0 aromatic heterocycles. The molecule has 0 saturated carbocycles. The highest BCUT2D eigenvalue weighted by atomic mass is 16.5. The Hall–Kier alpha value is -2.08. The van der Waals surface area contributed by atoms with Crippen molar-refractivity contribution < 1.29 is 14.3 Å². The van der Waals surface area contributed by atoms with Crippen molar-refractivity contribution in [2.75, 3.05) is 32.8 Å². The van der Waals surface area contributed by atoms with Crippen LogP contribution in [0.4, 0.5) is 0 Å². The highest BCUT2D eigenvalue weighted by molar-refractivity contribution is 5.81. The molecule has 6 heteroatoms. The summed E-state index contributed by atoms with van der Waals surface area (Å²) in [6, 6.07) is 10.6. The van der Waals surface area contributed by atoms with Crippen LogP contribution in [-0.2, 0) is 9.59 Å². The molecule has 2 bridgehead atoms. The first-order valence-corrected chi connectivity index (χ1v) is 10.7. The summed E-state index contributed by atoms with van der Waals surface area (Å²) in [6.07, 6.45) is 5.61. The maximum absolute atomic E-state index is 13.1. The molecule has 3 aliphatic rings. The zero-order valence-corrected chi connectivity index (χ0v) is 16.5. The Labute approximate surface area is 167 Å². The minimum atomic E-state index is -0.0515. The van der Waals surface area contributed by atoms with Gasteiger partial charge in [0, 0.05) is 38.3 Å². The molecule has 2 amide bonds. The van der Waals surface area contributed by atoms with Gasteiger partial charge in [0.1, 0.15) is 5.75 Å². The van der Waals surface area contributed by atoms with E-state index in [1.165, 1.54) is 12.8 Å². The Morgan fingerprint density at radius 2 is 1.79 bits per heavy atom. The second-order valence-electron chi connectivity index (χ2n) is 8.30. The summed E-state index contributed by atoms with van der Waals surface area (Å²) in [4.78, 5) is 29.6. The molecule has 3 aliphatic heterocycles. The number of carbonyl (C=O) groups excluding carboxylic acids is 2. The standard InChI is InChI=1S/C22H31N3O3/c26-21(11-14-28-20-6-2-1-3-7-20)24-12-4-5-17(15-24)22(27)25-13-10-18-8-9-19(16-25)23-18/h1-3,6-7,17-19,23H,4-5,8-16H2. The molecule has 3 unspecified atom stereocenters. The zero-order valence-electron chi connectivity index (χ0n) is 16.5. The minimum Gasteiger partial charge on any atom is -0.493 e. The number of ether oxygens (including phenoxy) is 1. The van der Waals surface area contributed by atoms with Gasteiger partial charge in [-0.15, -0.1) is 0 Å². The van der Waals surface area contributed by atoms with Crippen LogP contribution in [0.15, 0.2) is 30.3 Å². The van der Waals surface area contributed by atoms with Gasteiger partial charge in [-0.05, 0) is 44.2 Å². The van der Waals surface area contributed by atoms with Gasteiger partial charge in [0.25, 0.3) is 0 Å². The van der Waals surface area contributed by atoms with Crippen LogP contribution in [0.3, 0.4) is 0 Å². The quantitative estimate of drug-likeness (QED) is 0.843. The van der Waals surface area contributed by atoms with Gasteiger partial charge in [0.05, 0.1) is 18.9 Å². The van der Waals surface area contributed by atoms with Gasteiger partial charge in [-0.3, -0.25) is 9.59 Å². The lowest BCUT2D eigenvalue weighted by Crippen LogP contribution is -2.48. The van der Waals surface area contributed by atoms with Crippen LogP contribution in [0.1, 0.15) is 38.5 Å². The normalized spacial score (nSPS) is 27.4. The molecule has 0 radical (unpaired) electrons. The lowest BCUT2D eigenvalue weighted by molar-refractivity contribution is -0.141. The number of likely N-dealkylation sites (tertiary alicyclic amines) is 2. The highest BCUT2D eigenvalue weighted by Crippen LogP contribution is 2.24. The molecular formula is C22H31N3O3. The number of fused-ring (bicyclic) bond motifs is 2. The number of benzene rings is 1. The van der Waals surface area contributed by atoms with E-state index in [0.29, 0.717) is 31.7 Å². The predicted molar refractivity (Wildman–Crippen MR) is 107 cm³/mol. The molecule has 28 heavy (non-hydrogen) atoms. The predicted octanol–water partition coefficient (Wildman–Crippen LogP) is 2.05. The molecule has 1 aromatic rings. The van der Waals surface area contributed by atoms with E-state index in [1.54, 1.807) is 0 Å². The summed E-state index contributed by atoms with van der Waals surface area (Å²) in [5.41, 5.74) is 0. The molecule has 3 fully saturated rings. The minimum absolute atomic E-state index is 0.0515. The summed E-state index contributed by atoms with van der Waals surface area (Å²) in [7, 11) is 0. The van der Waals surface area contributed by atoms with E-state index in [-0.39, 0.29) is 17.7 Å². The monoisotopic (exact) mass is 385 g/mol. The number of amides is 2. The third kappa shape index (κ3) is 4.66. The van der Waals surface area contributed by atoms with Gasteiger partial charge in [-0.1, -0.05) is 18.2 Å². The van der Waals surface area contributed by atoms with Gasteiger partial charge < -0.3 is 19.9 Å². The van der Waals surface area contributed by atoms with Crippen molar-refractivity contribution in [1.29, 1.82) is 0 Å². The Bertz CT molecular complexity index is 681. The summed E-state index contributed by atoms with van der Waals surface area (Å²) in [5, 5.41) is 3.63. The smallest absolute Gasteiger partial charge is 0.227 e. The van der Waals surface area contributed by atoms with Crippen LogP contribution in [0, 0.1) is 5.92 Å². The van der Waals surface area contributed by atoms with Crippen LogP contribution in [0.2, 0.25) is 0 Å². The van der Waals surface area contributed by atoms with E-state index in [1.807, 2.05) is 40.1 Å². The van der Waals surface area contributed by atoms with E-state index in [4.69, 9.17) is 4.74 Å². The van der Waals surface area contributed by atoms with Crippen LogP contribution in [0.25, 0.3) is 0 Å². The number of nitrogens with zero attached hydrogens (tertiary/aromatic N) is 2. The van der Waals surface area contributed by atoms with E-state index in [9.17, 15) is 9.59 Å². The number of hydrogen-bond donors (Lipinski definition) is 1. The summed E-state index contributed by atoms with van der Waals surface area (Å²) in [6.45, 7) is 3.35. The highest BCUT2D eigenvalue weighted by Gasteiger charge is 2.35. The molecular weight excluding hydrogens is 354 g/mol. The van der Waals surface area contributed by atoms with E-state index < -0.39 is 0 Å². The number of nitrogens with one attached hydrogen (secondary N) is 1. The third-order valence-electron chi connectivity index (χ3n) is 6.29. The van der Waals surface area contributed by atoms with E-state index >= 15 is 0 Å². The molecule has 0 spiro atoms. The Morgan fingerprint density at radius 1 is 0.964 bits per heavy atom. The number of piperidine rings is 1. The van der Waals surface area contributed by atoms with E-state index in [2.05, 4.69) is 5.32 Å². The molecule has 6 nitrogen and oxygen atoms in total. The van der Waals surface area contributed by atoms with Crippen LogP contribution < -0.4 is 10.1 Å². The molecule has 1 aromatic carbocycles. The number of para-hydroxylation sites is 1. The van der Waals surface area contributed by atoms with Gasteiger partial charge >= 0.3 is 0 Å². The fourth-order valence-electron chi connectivity index (χ4n) is 4.74. The molecule has 152 valence electrons. The summed E-state index contributed by atoms with van der Waals surface area (Å²) < 4.78 is 5.65. The van der Waals surface area contributed by atoms with Gasteiger partial charge in [-0.2, -0.15) is 0 Å². The fraction of sp³-hybridized carbons (Fsp3) is 0.636. The Balaban J connectivity index is 1.26. The Morgan fingerprint density at radius 3 is 2.64 bits per heavy atom. The average Bonchev–Trinajstić information content (AvgIpc) is 3.07. The Kier molecular flexibility index (Phi) is 6.15. The first-order chi connectivity index (χ1) is 13.7. The van der Waals surface area contributed by atoms with Crippen LogP contribution >= 0.6 is 0 Å². The van der Waals surface area contributed by atoms with Gasteiger partial charge in [-0.25, -0.2) is 0 Å². The molecule has 4 rings (SSSR count). The number of hydrogen-bond acceptors (Lipinski definition) is 4. The first-order valence-electron chi connectivity index (χ1n) is 10.7. The molecule has 1 N–H and O–H groups in total. The number of rotatable bonds is 5. The maximum Gasteiger partial charge on any atom is 0.227 e. The third-order valence-corrected chi connectivity index (χ3v) is 6.29. The zero-order chi connectivity index (χ0) is 19.3. The van der Waals surface area contributed by atoms with Gasteiger partial charge in [0.2, 0.25) is 11.8 Å². The second-order valence-corrected chi connectivity index (χ2v) is 8.30.